The molecule has 1 amide bonds. The molecule has 0 spiro atoms. The number of aromatic nitrogens is 1. The zero-order valence-corrected chi connectivity index (χ0v) is 19.8. The molecule has 4 aromatic rings. The number of benzene rings is 2. The lowest BCUT2D eigenvalue weighted by Crippen LogP contribution is -2.33. The topological polar surface area (TPSA) is 64.8 Å². The predicted octanol–water partition coefficient (Wildman–Crippen LogP) is 5.54. The van der Waals surface area contributed by atoms with Gasteiger partial charge in [0, 0.05) is 33.3 Å². The largest absolute Gasteiger partial charge is 0.490 e. The van der Waals surface area contributed by atoms with Crippen molar-refractivity contribution in [3.8, 4) is 22.6 Å². The molecular formula is C26H26N2O4S. The summed E-state index contributed by atoms with van der Waals surface area (Å²) in [4.78, 5) is 15.1. The molecule has 2 aromatic carbocycles. The second-order valence-corrected chi connectivity index (χ2v) is 9.10. The van der Waals surface area contributed by atoms with E-state index in [-0.39, 0.29) is 12.3 Å². The van der Waals surface area contributed by atoms with Crippen molar-refractivity contribution in [2.24, 2.45) is 0 Å². The van der Waals surface area contributed by atoms with Gasteiger partial charge >= 0.3 is 0 Å². The van der Waals surface area contributed by atoms with Crippen molar-refractivity contribution in [1.29, 1.82) is 0 Å². The molecule has 0 saturated heterocycles. The number of carbonyl (C=O) groups excluding carboxylic acids is 1. The Bertz CT molecular complexity index is 1300. The lowest BCUT2D eigenvalue weighted by atomic mass is 10.0. The summed E-state index contributed by atoms with van der Waals surface area (Å²) in [5.74, 6) is 2.18. The molecule has 0 atom stereocenters. The van der Waals surface area contributed by atoms with E-state index in [2.05, 4.69) is 46.9 Å². The molecule has 1 aliphatic rings. The number of aryl methyl sites for hydroxylation is 2. The van der Waals surface area contributed by atoms with Crippen molar-refractivity contribution in [1.82, 2.24) is 10.1 Å². The summed E-state index contributed by atoms with van der Waals surface area (Å²) in [5.41, 5.74) is 4.81. The first-order valence-corrected chi connectivity index (χ1v) is 12.0. The lowest BCUT2D eigenvalue weighted by molar-refractivity contribution is -0.131. The van der Waals surface area contributed by atoms with E-state index in [1.54, 1.807) is 11.3 Å². The summed E-state index contributed by atoms with van der Waals surface area (Å²) in [7, 11) is 0. The summed E-state index contributed by atoms with van der Waals surface area (Å²) in [6, 6.07) is 12.6. The zero-order chi connectivity index (χ0) is 22.9. The molecule has 0 unspecified atom stereocenters. The third-order valence-electron chi connectivity index (χ3n) is 6.05. The maximum absolute atomic E-state index is 13.2. The van der Waals surface area contributed by atoms with Crippen LogP contribution in [0.2, 0.25) is 0 Å². The molecule has 0 radical (unpaired) electrons. The highest BCUT2D eigenvalue weighted by atomic mass is 32.1. The number of amides is 1. The molecule has 1 aliphatic heterocycles. The monoisotopic (exact) mass is 462 g/mol. The van der Waals surface area contributed by atoms with Gasteiger partial charge in [-0.3, -0.25) is 4.79 Å². The van der Waals surface area contributed by atoms with Crippen LogP contribution in [0, 0.1) is 13.8 Å². The Morgan fingerprint density at radius 1 is 1.24 bits per heavy atom. The molecule has 0 fully saturated rings. The summed E-state index contributed by atoms with van der Waals surface area (Å²) in [6.07, 6.45) is 0.268. The number of fused-ring (bicyclic) bond motifs is 2. The van der Waals surface area contributed by atoms with Crippen LogP contribution in [0.4, 0.5) is 0 Å². The van der Waals surface area contributed by atoms with Crippen molar-refractivity contribution in [2.75, 3.05) is 19.8 Å². The average Bonchev–Trinajstić information content (AvgIpc) is 3.29. The normalized spacial score (nSPS) is 13.5. The number of thiophene rings is 1. The maximum atomic E-state index is 13.2. The Kier molecular flexibility index (Phi) is 5.81. The first kappa shape index (κ1) is 21.5. The number of hydrogen-bond donors (Lipinski definition) is 0. The summed E-state index contributed by atoms with van der Waals surface area (Å²) in [6.45, 7) is 7.61. The highest BCUT2D eigenvalue weighted by molar-refractivity contribution is 7.17. The van der Waals surface area contributed by atoms with Gasteiger partial charge in [0.25, 0.3) is 0 Å². The van der Waals surface area contributed by atoms with E-state index in [1.165, 1.54) is 10.1 Å². The van der Waals surface area contributed by atoms with Gasteiger partial charge in [0.2, 0.25) is 5.91 Å². The van der Waals surface area contributed by atoms with E-state index in [0.29, 0.717) is 32.1 Å². The number of nitrogens with zero attached hydrogens (tertiary/aromatic N) is 2. The van der Waals surface area contributed by atoms with Crippen LogP contribution in [0.15, 0.2) is 46.3 Å². The van der Waals surface area contributed by atoms with E-state index in [9.17, 15) is 4.79 Å². The second-order valence-electron chi connectivity index (χ2n) is 8.18. The minimum atomic E-state index is 0.0326. The van der Waals surface area contributed by atoms with Gasteiger partial charge in [0.15, 0.2) is 11.5 Å². The quantitative estimate of drug-likeness (QED) is 0.390. The Balaban J connectivity index is 1.51. The van der Waals surface area contributed by atoms with Gasteiger partial charge in [0.05, 0.1) is 25.3 Å². The molecule has 170 valence electrons. The average molecular weight is 463 g/mol. The molecule has 0 bridgehead atoms. The van der Waals surface area contributed by atoms with Gasteiger partial charge < -0.3 is 18.9 Å². The molecule has 5 rings (SSSR count). The smallest absolute Gasteiger partial charge is 0.227 e. The Labute approximate surface area is 196 Å². The van der Waals surface area contributed by atoms with Gasteiger partial charge in [0.1, 0.15) is 12.4 Å². The van der Waals surface area contributed by atoms with E-state index < -0.39 is 0 Å². The fraction of sp³-hybridized carbons (Fsp3) is 0.308. The van der Waals surface area contributed by atoms with Gasteiger partial charge in [-0.2, -0.15) is 0 Å². The van der Waals surface area contributed by atoms with Crippen molar-refractivity contribution < 1.29 is 18.8 Å². The van der Waals surface area contributed by atoms with Gasteiger partial charge in [-0.25, -0.2) is 0 Å². The fourth-order valence-corrected chi connectivity index (χ4v) is 5.30. The van der Waals surface area contributed by atoms with Crippen LogP contribution in [0.3, 0.4) is 0 Å². The van der Waals surface area contributed by atoms with E-state index in [4.69, 9.17) is 14.0 Å². The Hall–Kier alpha value is -3.32. The molecule has 0 saturated carbocycles. The van der Waals surface area contributed by atoms with Crippen molar-refractivity contribution >= 4 is 27.3 Å². The van der Waals surface area contributed by atoms with Crippen LogP contribution >= 0.6 is 11.3 Å². The van der Waals surface area contributed by atoms with Crippen molar-refractivity contribution in [3.63, 3.8) is 0 Å². The maximum Gasteiger partial charge on any atom is 0.227 e. The second kappa shape index (κ2) is 8.90. The highest BCUT2D eigenvalue weighted by Gasteiger charge is 2.25. The molecule has 3 heterocycles. The molecule has 2 aromatic heterocycles. The van der Waals surface area contributed by atoms with Crippen LogP contribution in [0.25, 0.3) is 21.2 Å². The van der Waals surface area contributed by atoms with Crippen LogP contribution in [-0.4, -0.2) is 35.7 Å². The van der Waals surface area contributed by atoms with Crippen LogP contribution < -0.4 is 9.47 Å². The summed E-state index contributed by atoms with van der Waals surface area (Å²) in [5, 5.41) is 7.37. The minimum Gasteiger partial charge on any atom is -0.490 e. The van der Waals surface area contributed by atoms with Gasteiger partial charge in [-0.05, 0) is 49.9 Å². The standard InChI is InChI=1S/C26H26N2O4S/c1-4-30-23-12-18(22-15-33-24-8-6-5-7-20(22)24)11-19-14-28(9-10-31-26(19)23)25(29)13-21-16(2)27-32-17(21)3/h5-8,11-12,15H,4,9-10,13-14H2,1-3H3. The molecule has 7 heteroatoms. The molecule has 0 N–H and O–H groups in total. The van der Waals surface area contributed by atoms with E-state index in [1.807, 2.05) is 25.7 Å². The predicted molar refractivity (Wildman–Crippen MR) is 129 cm³/mol. The van der Waals surface area contributed by atoms with Crippen LogP contribution in [0.1, 0.15) is 29.5 Å². The Morgan fingerprint density at radius 2 is 2.09 bits per heavy atom. The number of rotatable bonds is 5. The summed E-state index contributed by atoms with van der Waals surface area (Å²) >= 11 is 1.73. The van der Waals surface area contributed by atoms with Crippen LogP contribution in [0.5, 0.6) is 11.5 Å². The Morgan fingerprint density at radius 3 is 2.88 bits per heavy atom. The van der Waals surface area contributed by atoms with Crippen molar-refractivity contribution in [3.05, 3.63) is 64.4 Å². The SMILES string of the molecule is CCOc1cc(-c2csc3ccccc23)cc2c1OCCN(C(=O)Cc1c(C)noc1C)C2. The molecular weight excluding hydrogens is 436 g/mol. The number of hydrogen-bond acceptors (Lipinski definition) is 6. The minimum absolute atomic E-state index is 0.0326. The number of ether oxygens (including phenoxy) is 2. The van der Waals surface area contributed by atoms with Gasteiger partial charge in [-0.15, -0.1) is 11.3 Å². The highest BCUT2D eigenvalue weighted by Crippen LogP contribution is 2.41. The van der Waals surface area contributed by atoms with Crippen LogP contribution in [-0.2, 0) is 17.8 Å². The third-order valence-corrected chi connectivity index (χ3v) is 7.02. The molecule has 6 nitrogen and oxygen atoms in total. The first-order valence-electron chi connectivity index (χ1n) is 11.1. The van der Waals surface area contributed by atoms with Gasteiger partial charge in [-0.1, -0.05) is 23.4 Å². The first-order chi connectivity index (χ1) is 16.0. The number of carbonyl (C=O) groups is 1. The third kappa shape index (κ3) is 4.09. The van der Waals surface area contributed by atoms with Crippen molar-refractivity contribution in [2.45, 2.75) is 33.7 Å². The zero-order valence-electron chi connectivity index (χ0n) is 19.0. The molecule has 0 aliphatic carbocycles. The van der Waals surface area contributed by atoms with E-state index >= 15 is 0 Å². The van der Waals surface area contributed by atoms with E-state index in [0.717, 1.165) is 39.4 Å². The fourth-order valence-electron chi connectivity index (χ4n) is 4.33. The molecule has 33 heavy (non-hydrogen) atoms. The summed E-state index contributed by atoms with van der Waals surface area (Å²) < 4.78 is 18.6. The lowest BCUT2D eigenvalue weighted by Gasteiger charge is -2.20.